The smallest absolute Gasteiger partial charge is 0.410 e. The van der Waals surface area contributed by atoms with Crippen LogP contribution < -0.4 is 0 Å². The van der Waals surface area contributed by atoms with E-state index in [4.69, 9.17) is 4.74 Å². The predicted octanol–water partition coefficient (Wildman–Crippen LogP) is 1.85. The number of hydrogen-bond donors (Lipinski definition) is 1. The number of ether oxygens (including phenoxy) is 1. The Kier molecular flexibility index (Phi) is 4.95. The molecule has 0 unspecified atom stereocenters. The molecule has 1 aliphatic heterocycles. The molecule has 120 valence electrons. The van der Waals surface area contributed by atoms with Gasteiger partial charge in [-0.25, -0.2) is 4.79 Å². The van der Waals surface area contributed by atoms with Gasteiger partial charge in [-0.05, 0) is 24.8 Å². The predicted molar refractivity (Wildman–Crippen MR) is 83.4 cm³/mol. The third-order valence-corrected chi connectivity index (χ3v) is 4.69. The molecule has 0 spiro atoms. The molecule has 1 aromatic carbocycles. The molecule has 1 N–H and O–H groups in total. The maximum atomic E-state index is 12.1. The second-order valence-electron chi connectivity index (χ2n) is 6.13. The van der Waals surface area contributed by atoms with Gasteiger partial charge in [-0.1, -0.05) is 30.3 Å². The van der Waals surface area contributed by atoms with Crippen molar-refractivity contribution >= 4 is 6.09 Å². The van der Waals surface area contributed by atoms with Crippen LogP contribution in [0.5, 0.6) is 0 Å². The molecule has 2 fully saturated rings. The summed E-state index contributed by atoms with van der Waals surface area (Å²) < 4.78 is 5.37. The quantitative estimate of drug-likeness (QED) is 0.926. The molecular weight excluding hydrogens is 280 g/mol. The Labute approximate surface area is 131 Å². The fourth-order valence-electron chi connectivity index (χ4n) is 3.39. The molecular formula is C17H24N2O3. The van der Waals surface area contributed by atoms with Crippen molar-refractivity contribution in [2.24, 2.45) is 0 Å². The van der Waals surface area contributed by atoms with Crippen LogP contribution in [-0.2, 0) is 11.3 Å². The Hall–Kier alpha value is -1.59. The van der Waals surface area contributed by atoms with Gasteiger partial charge in [0.25, 0.3) is 0 Å². The monoisotopic (exact) mass is 304 g/mol. The van der Waals surface area contributed by atoms with Crippen molar-refractivity contribution in [3.05, 3.63) is 35.9 Å². The van der Waals surface area contributed by atoms with E-state index >= 15 is 0 Å². The molecule has 2 atom stereocenters. The van der Waals surface area contributed by atoms with Crippen LogP contribution in [0.2, 0.25) is 0 Å². The molecule has 0 radical (unpaired) electrons. The normalized spacial score (nSPS) is 26.1. The molecule has 1 aliphatic carbocycles. The maximum absolute atomic E-state index is 12.1. The molecule has 5 heteroatoms. The summed E-state index contributed by atoms with van der Waals surface area (Å²) in [6.07, 6.45) is 2.64. The van der Waals surface area contributed by atoms with Crippen LogP contribution in [0.25, 0.3) is 0 Å². The van der Waals surface area contributed by atoms with Crippen LogP contribution in [0, 0.1) is 0 Å². The standard InChI is InChI=1S/C17H24N2O3/c20-16-8-4-7-15(16)18-9-11-19(12-10-18)17(21)22-13-14-5-2-1-3-6-14/h1-3,5-6,15-16,20H,4,7-13H2/t15-,16-/m1/s1. The summed E-state index contributed by atoms with van der Waals surface area (Å²) >= 11 is 0. The number of benzene rings is 1. The topological polar surface area (TPSA) is 53.0 Å². The Morgan fingerprint density at radius 1 is 1.14 bits per heavy atom. The largest absolute Gasteiger partial charge is 0.445 e. The van der Waals surface area contributed by atoms with Crippen LogP contribution in [0.3, 0.4) is 0 Å². The molecule has 5 nitrogen and oxygen atoms in total. The SMILES string of the molecule is O=C(OCc1ccccc1)N1CCN([C@@H]2CCC[C@H]2O)CC1. The molecule has 2 aliphatic rings. The number of aliphatic hydroxyl groups excluding tert-OH is 1. The highest BCUT2D eigenvalue weighted by Crippen LogP contribution is 2.25. The van der Waals surface area contributed by atoms with E-state index < -0.39 is 0 Å². The average Bonchev–Trinajstić information content (AvgIpc) is 3.00. The lowest BCUT2D eigenvalue weighted by atomic mass is 10.1. The first-order valence-corrected chi connectivity index (χ1v) is 8.12. The first kappa shape index (κ1) is 15.3. The van der Waals surface area contributed by atoms with Crippen LogP contribution in [0.4, 0.5) is 4.79 Å². The summed E-state index contributed by atoms with van der Waals surface area (Å²) in [6.45, 7) is 3.32. The van der Waals surface area contributed by atoms with Gasteiger partial charge < -0.3 is 14.7 Å². The molecule has 1 heterocycles. The van der Waals surface area contributed by atoms with E-state index in [1.165, 1.54) is 0 Å². The number of piperazine rings is 1. The minimum absolute atomic E-state index is 0.198. The van der Waals surface area contributed by atoms with Gasteiger partial charge in [0.15, 0.2) is 0 Å². The zero-order chi connectivity index (χ0) is 15.4. The van der Waals surface area contributed by atoms with Gasteiger partial charge in [0.2, 0.25) is 0 Å². The van der Waals surface area contributed by atoms with Crippen molar-refractivity contribution in [1.29, 1.82) is 0 Å². The van der Waals surface area contributed by atoms with Gasteiger partial charge in [-0.2, -0.15) is 0 Å². The number of carbonyl (C=O) groups is 1. The van der Waals surface area contributed by atoms with Gasteiger partial charge in [-0.3, -0.25) is 4.90 Å². The van der Waals surface area contributed by atoms with Crippen LogP contribution >= 0.6 is 0 Å². The summed E-state index contributed by atoms with van der Waals surface area (Å²) in [5.41, 5.74) is 1.00. The van der Waals surface area contributed by atoms with Crippen molar-refractivity contribution < 1.29 is 14.6 Å². The van der Waals surface area contributed by atoms with Crippen molar-refractivity contribution in [3.8, 4) is 0 Å². The van der Waals surface area contributed by atoms with E-state index in [2.05, 4.69) is 4.90 Å². The second-order valence-corrected chi connectivity index (χ2v) is 6.13. The minimum atomic E-state index is -0.240. The molecule has 1 saturated heterocycles. The van der Waals surface area contributed by atoms with E-state index in [0.717, 1.165) is 37.9 Å². The van der Waals surface area contributed by atoms with Crippen molar-refractivity contribution in [2.45, 2.75) is 38.0 Å². The summed E-state index contributed by atoms with van der Waals surface area (Å²) in [5, 5.41) is 9.98. The number of amides is 1. The Balaban J connectivity index is 1.44. The van der Waals surface area contributed by atoms with Crippen molar-refractivity contribution in [3.63, 3.8) is 0 Å². The summed E-state index contributed by atoms with van der Waals surface area (Å²) in [6, 6.07) is 10.0. The Bertz CT molecular complexity index is 486. The number of rotatable bonds is 3. The minimum Gasteiger partial charge on any atom is -0.445 e. The molecule has 1 amide bonds. The van der Waals surface area contributed by atoms with E-state index in [9.17, 15) is 9.90 Å². The highest BCUT2D eigenvalue weighted by atomic mass is 16.6. The average molecular weight is 304 g/mol. The van der Waals surface area contributed by atoms with E-state index in [0.29, 0.717) is 19.7 Å². The summed E-state index contributed by atoms with van der Waals surface area (Å²) in [7, 11) is 0. The molecule has 3 rings (SSSR count). The molecule has 1 aromatic rings. The summed E-state index contributed by atoms with van der Waals surface area (Å²) in [5.74, 6) is 0. The fraction of sp³-hybridized carbons (Fsp3) is 0.588. The van der Waals surface area contributed by atoms with Gasteiger partial charge in [0.05, 0.1) is 6.10 Å². The fourth-order valence-corrected chi connectivity index (χ4v) is 3.39. The van der Waals surface area contributed by atoms with Crippen molar-refractivity contribution in [1.82, 2.24) is 9.80 Å². The summed E-state index contributed by atoms with van der Waals surface area (Å²) in [4.78, 5) is 16.2. The zero-order valence-corrected chi connectivity index (χ0v) is 12.9. The first-order valence-electron chi connectivity index (χ1n) is 8.12. The number of carbonyl (C=O) groups excluding carboxylic acids is 1. The van der Waals surface area contributed by atoms with Crippen LogP contribution in [0.1, 0.15) is 24.8 Å². The van der Waals surface area contributed by atoms with E-state index in [1.807, 2.05) is 30.3 Å². The first-order chi connectivity index (χ1) is 10.7. The maximum Gasteiger partial charge on any atom is 0.410 e. The highest BCUT2D eigenvalue weighted by Gasteiger charge is 2.33. The van der Waals surface area contributed by atoms with Gasteiger partial charge in [0, 0.05) is 32.2 Å². The lowest BCUT2D eigenvalue weighted by Gasteiger charge is -2.38. The molecule has 22 heavy (non-hydrogen) atoms. The third-order valence-electron chi connectivity index (χ3n) is 4.69. The number of nitrogens with zero attached hydrogens (tertiary/aromatic N) is 2. The van der Waals surface area contributed by atoms with Crippen molar-refractivity contribution in [2.75, 3.05) is 26.2 Å². The van der Waals surface area contributed by atoms with Crippen LogP contribution in [0.15, 0.2) is 30.3 Å². The lowest BCUT2D eigenvalue weighted by Crippen LogP contribution is -2.53. The van der Waals surface area contributed by atoms with Gasteiger partial charge in [0.1, 0.15) is 6.61 Å². The molecule has 1 saturated carbocycles. The molecule has 0 bridgehead atoms. The zero-order valence-electron chi connectivity index (χ0n) is 12.9. The second kappa shape index (κ2) is 7.11. The van der Waals surface area contributed by atoms with Gasteiger partial charge >= 0.3 is 6.09 Å². The Morgan fingerprint density at radius 3 is 2.50 bits per heavy atom. The highest BCUT2D eigenvalue weighted by molar-refractivity contribution is 5.67. The Morgan fingerprint density at radius 2 is 1.86 bits per heavy atom. The third kappa shape index (κ3) is 3.59. The number of hydrogen-bond acceptors (Lipinski definition) is 4. The van der Waals surface area contributed by atoms with E-state index in [-0.39, 0.29) is 18.2 Å². The lowest BCUT2D eigenvalue weighted by molar-refractivity contribution is 0.0282. The van der Waals surface area contributed by atoms with Crippen LogP contribution in [-0.4, -0.2) is 59.3 Å². The van der Waals surface area contributed by atoms with E-state index in [1.54, 1.807) is 4.90 Å². The van der Waals surface area contributed by atoms with Gasteiger partial charge in [-0.15, -0.1) is 0 Å². The molecule has 0 aromatic heterocycles. The number of aliphatic hydroxyl groups is 1.